The van der Waals surface area contributed by atoms with Gasteiger partial charge in [0, 0.05) is 26.7 Å². The predicted octanol–water partition coefficient (Wildman–Crippen LogP) is 0.106. The number of rotatable bonds is 3. The van der Waals surface area contributed by atoms with Crippen LogP contribution >= 0.6 is 0 Å². The molecule has 0 saturated carbocycles. The van der Waals surface area contributed by atoms with Gasteiger partial charge in [0.1, 0.15) is 12.1 Å². The highest BCUT2D eigenvalue weighted by molar-refractivity contribution is 5.85. The van der Waals surface area contributed by atoms with E-state index in [1.165, 1.54) is 0 Å². The Bertz CT molecular complexity index is 568. The van der Waals surface area contributed by atoms with E-state index in [0.717, 1.165) is 43.1 Å². The minimum absolute atomic E-state index is 0.195. The van der Waals surface area contributed by atoms with Gasteiger partial charge in [-0.25, -0.2) is 9.97 Å². The van der Waals surface area contributed by atoms with Crippen LogP contribution in [0.2, 0.25) is 0 Å². The third-order valence-electron chi connectivity index (χ3n) is 3.37. The molecule has 7 heteroatoms. The molecule has 0 bridgehead atoms. The van der Waals surface area contributed by atoms with E-state index >= 15 is 0 Å². The highest BCUT2D eigenvalue weighted by Crippen LogP contribution is 2.17. The van der Waals surface area contributed by atoms with Crippen LogP contribution in [0, 0.1) is 0 Å². The van der Waals surface area contributed by atoms with Crippen LogP contribution in [0.15, 0.2) is 12.5 Å². The molecule has 1 saturated heterocycles. The molecule has 19 heavy (non-hydrogen) atoms. The van der Waals surface area contributed by atoms with Gasteiger partial charge in [0.05, 0.1) is 24.3 Å². The molecule has 0 radical (unpaired) electrons. The summed E-state index contributed by atoms with van der Waals surface area (Å²) < 4.78 is 7.46. The zero-order chi connectivity index (χ0) is 13.2. The summed E-state index contributed by atoms with van der Waals surface area (Å²) in [5.74, 6) is 0.815. The number of hydrogen-bond acceptors (Lipinski definition) is 6. The van der Waals surface area contributed by atoms with Gasteiger partial charge >= 0.3 is 0 Å². The minimum atomic E-state index is 0.195. The van der Waals surface area contributed by atoms with E-state index in [9.17, 15) is 0 Å². The zero-order valence-corrected chi connectivity index (χ0v) is 11.2. The number of aromatic nitrogens is 4. The summed E-state index contributed by atoms with van der Waals surface area (Å²) in [6, 6.07) is 0. The molecule has 2 aromatic heterocycles. The lowest BCUT2D eigenvalue weighted by atomic mass is 10.3. The lowest BCUT2D eigenvalue weighted by Crippen LogP contribution is -2.43. The van der Waals surface area contributed by atoms with Gasteiger partial charge in [0.2, 0.25) is 0 Å². The molecule has 3 rings (SSSR count). The zero-order valence-electron chi connectivity index (χ0n) is 11.2. The Hall–Kier alpha value is -1.73. The summed E-state index contributed by atoms with van der Waals surface area (Å²) in [6.45, 7) is 3.46. The maximum Gasteiger partial charge on any atom is 0.163 e. The van der Waals surface area contributed by atoms with Gasteiger partial charge in [-0.1, -0.05) is 0 Å². The standard InChI is InChI=1S/C12H18N6O/c1-17-3-4-19-9(7-17)5-13-11-10-6-16-18(2)12(10)15-8-14-11/h6,8-9H,3-5,7H2,1-2H3,(H,13,14,15). The number of hydrogen-bond donors (Lipinski definition) is 1. The lowest BCUT2D eigenvalue weighted by molar-refractivity contribution is -0.0117. The first-order valence-electron chi connectivity index (χ1n) is 6.41. The highest BCUT2D eigenvalue weighted by atomic mass is 16.5. The SMILES string of the molecule is CN1CCOC(CNc2ncnc3c2cnn3C)C1. The fourth-order valence-corrected chi connectivity index (χ4v) is 2.30. The van der Waals surface area contributed by atoms with Gasteiger partial charge in [-0.3, -0.25) is 4.68 Å². The van der Waals surface area contributed by atoms with Gasteiger partial charge in [-0.2, -0.15) is 5.10 Å². The van der Waals surface area contributed by atoms with Crippen molar-refractivity contribution in [3.63, 3.8) is 0 Å². The van der Waals surface area contributed by atoms with Gasteiger partial charge < -0.3 is 15.0 Å². The Balaban J connectivity index is 1.71. The predicted molar refractivity (Wildman–Crippen MR) is 72.0 cm³/mol. The van der Waals surface area contributed by atoms with Crippen molar-refractivity contribution in [1.29, 1.82) is 0 Å². The number of fused-ring (bicyclic) bond motifs is 1. The number of nitrogens with zero attached hydrogens (tertiary/aromatic N) is 5. The van der Waals surface area contributed by atoms with Gasteiger partial charge in [0.25, 0.3) is 0 Å². The highest BCUT2D eigenvalue weighted by Gasteiger charge is 2.18. The lowest BCUT2D eigenvalue weighted by Gasteiger charge is -2.30. The molecular formula is C12H18N6O. The quantitative estimate of drug-likeness (QED) is 0.846. The number of nitrogens with one attached hydrogen (secondary N) is 1. The topological polar surface area (TPSA) is 68.1 Å². The molecule has 1 atom stereocenters. The van der Waals surface area contributed by atoms with E-state index in [1.807, 2.05) is 7.05 Å². The molecule has 1 unspecified atom stereocenters. The molecule has 1 aliphatic rings. The second-order valence-corrected chi connectivity index (χ2v) is 4.86. The van der Waals surface area contributed by atoms with Crippen LogP contribution in [0.4, 0.5) is 5.82 Å². The summed E-state index contributed by atoms with van der Waals surface area (Å²) >= 11 is 0. The third kappa shape index (κ3) is 2.52. The van der Waals surface area contributed by atoms with Crippen LogP contribution in [0.5, 0.6) is 0 Å². The first kappa shape index (κ1) is 12.3. The molecular weight excluding hydrogens is 244 g/mol. The van der Waals surface area contributed by atoms with E-state index in [2.05, 4.69) is 32.3 Å². The van der Waals surface area contributed by atoms with Gasteiger partial charge in [-0.05, 0) is 7.05 Å². The Kier molecular flexibility index (Phi) is 3.31. The second kappa shape index (κ2) is 5.10. The number of aryl methyl sites for hydroxylation is 1. The molecule has 1 fully saturated rings. The molecule has 1 N–H and O–H groups in total. The van der Waals surface area contributed by atoms with Crippen molar-refractivity contribution in [3.05, 3.63) is 12.5 Å². The first-order chi connectivity index (χ1) is 9.24. The molecule has 0 aliphatic carbocycles. The molecule has 0 aromatic carbocycles. The Morgan fingerprint density at radius 1 is 1.42 bits per heavy atom. The third-order valence-corrected chi connectivity index (χ3v) is 3.37. The largest absolute Gasteiger partial charge is 0.374 e. The van der Waals surface area contributed by atoms with E-state index in [-0.39, 0.29) is 6.10 Å². The summed E-state index contributed by atoms with van der Waals surface area (Å²) in [5, 5.41) is 8.47. The number of likely N-dealkylation sites (N-methyl/N-ethyl adjacent to an activating group) is 1. The smallest absolute Gasteiger partial charge is 0.163 e. The monoisotopic (exact) mass is 262 g/mol. The van der Waals surface area contributed by atoms with Crippen molar-refractivity contribution < 1.29 is 4.74 Å². The fraction of sp³-hybridized carbons (Fsp3) is 0.583. The first-order valence-corrected chi connectivity index (χ1v) is 6.41. The van der Waals surface area contributed by atoms with Crippen LogP contribution in [0.25, 0.3) is 11.0 Å². The van der Waals surface area contributed by atoms with Crippen molar-refractivity contribution in [3.8, 4) is 0 Å². The number of ether oxygens (including phenoxy) is 1. The van der Waals surface area contributed by atoms with Crippen LogP contribution in [0.1, 0.15) is 0 Å². The number of anilines is 1. The Morgan fingerprint density at radius 3 is 3.16 bits per heavy atom. The average Bonchev–Trinajstić information content (AvgIpc) is 2.79. The molecule has 102 valence electrons. The summed E-state index contributed by atoms with van der Waals surface area (Å²) in [4.78, 5) is 10.8. The molecule has 0 spiro atoms. The Labute approximate surface area is 111 Å². The Morgan fingerprint density at radius 2 is 2.32 bits per heavy atom. The van der Waals surface area contributed by atoms with Crippen molar-refractivity contribution in [2.45, 2.75) is 6.10 Å². The van der Waals surface area contributed by atoms with E-state index in [4.69, 9.17) is 4.74 Å². The number of morpholine rings is 1. The van der Waals surface area contributed by atoms with Crippen LogP contribution in [-0.4, -0.2) is 64.0 Å². The average molecular weight is 262 g/mol. The van der Waals surface area contributed by atoms with Crippen LogP contribution in [-0.2, 0) is 11.8 Å². The van der Waals surface area contributed by atoms with E-state index in [1.54, 1.807) is 17.2 Å². The maximum atomic E-state index is 5.72. The fourth-order valence-electron chi connectivity index (χ4n) is 2.30. The van der Waals surface area contributed by atoms with Gasteiger partial charge in [0.15, 0.2) is 5.65 Å². The maximum absolute atomic E-state index is 5.72. The van der Waals surface area contributed by atoms with E-state index in [0.29, 0.717) is 0 Å². The summed E-state index contributed by atoms with van der Waals surface area (Å²) in [7, 11) is 3.98. The second-order valence-electron chi connectivity index (χ2n) is 4.86. The normalized spacial score (nSPS) is 20.8. The van der Waals surface area contributed by atoms with Crippen molar-refractivity contribution >= 4 is 16.9 Å². The molecule has 3 heterocycles. The molecule has 7 nitrogen and oxygen atoms in total. The van der Waals surface area contributed by atoms with Crippen LogP contribution < -0.4 is 5.32 Å². The van der Waals surface area contributed by atoms with E-state index < -0.39 is 0 Å². The van der Waals surface area contributed by atoms with Gasteiger partial charge in [-0.15, -0.1) is 0 Å². The summed E-state index contributed by atoms with van der Waals surface area (Å²) in [6.07, 6.45) is 3.53. The molecule has 2 aromatic rings. The summed E-state index contributed by atoms with van der Waals surface area (Å²) in [5.41, 5.74) is 0.833. The van der Waals surface area contributed by atoms with Crippen molar-refractivity contribution in [2.24, 2.45) is 7.05 Å². The van der Waals surface area contributed by atoms with Crippen molar-refractivity contribution in [1.82, 2.24) is 24.6 Å². The minimum Gasteiger partial charge on any atom is -0.374 e. The van der Waals surface area contributed by atoms with Crippen molar-refractivity contribution in [2.75, 3.05) is 38.6 Å². The molecule has 0 amide bonds. The van der Waals surface area contributed by atoms with Crippen LogP contribution in [0.3, 0.4) is 0 Å². The molecule has 1 aliphatic heterocycles.